The lowest BCUT2D eigenvalue weighted by Crippen LogP contribution is -2.49. The Morgan fingerprint density at radius 2 is 2.35 bits per heavy atom. The van der Waals surface area contributed by atoms with E-state index in [-0.39, 0.29) is 0 Å². The quantitative estimate of drug-likeness (QED) is 0.374. The standard InChI is InChI=1S/C19H34N4O3/c1-4-20-19(21-8-6-10-24-15-18-7-5-11-26-18)22-13-16(2)23-9-12-25-14-17(23)3/h5,7,11,16-17H,4,6,8-10,12-15H2,1-3H3,(H2,20,21,22). The molecule has 26 heavy (non-hydrogen) atoms. The molecule has 0 aliphatic carbocycles. The van der Waals surface area contributed by atoms with Crippen LogP contribution in [-0.2, 0) is 16.1 Å². The summed E-state index contributed by atoms with van der Waals surface area (Å²) in [5.74, 6) is 1.73. The van der Waals surface area contributed by atoms with Crippen molar-refractivity contribution in [3.05, 3.63) is 24.2 Å². The van der Waals surface area contributed by atoms with E-state index in [1.165, 1.54) is 0 Å². The van der Waals surface area contributed by atoms with Crippen LogP contribution in [0.3, 0.4) is 0 Å². The van der Waals surface area contributed by atoms with Gasteiger partial charge in [0.15, 0.2) is 5.96 Å². The minimum absolute atomic E-state index is 0.404. The second-order valence-electron chi connectivity index (χ2n) is 6.64. The van der Waals surface area contributed by atoms with E-state index in [1.54, 1.807) is 6.26 Å². The fraction of sp³-hybridized carbons (Fsp3) is 0.737. The number of rotatable bonds is 10. The maximum atomic E-state index is 5.60. The van der Waals surface area contributed by atoms with Gasteiger partial charge in [0.1, 0.15) is 12.4 Å². The zero-order chi connectivity index (χ0) is 18.6. The van der Waals surface area contributed by atoms with Gasteiger partial charge in [0.05, 0.1) is 26.0 Å². The van der Waals surface area contributed by atoms with Crippen LogP contribution in [0.2, 0.25) is 0 Å². The van der Waals surface area contributed by atoms with E-state index < -0.39 is 0 Å². The zero-order valence-corrected chi connectivity index (χ0v) is 16.4. The average molecular weight is 367 g/mol. The SMILES string of the molecule is CCNC(=NCC(C)N1CCOCC1C)NCCCOCc1ccco1. The van der Waals surface area contributed by atoms with Crippen molar-refractivity contribution >= 4 is 5.96 Å². The molecule has 7 heteroatoms. The van der Waals surface area contributed by atoms with Gasteiger partial charge in [-0.1, -0.05) is 0 Å². The molecule has 2 heterocycles. The van der Waals surface area contributed by atoms with E-state index in [1.807, 2.05) is 12.1 Å². The molecule has 1 aromatic heterocycles. The van der Waals surface area contributed by atoms with Crippen LogP contribution in [-0.4, -0.2) is 68.9 Å². The number of ether oxygens (including phenoxy) is 2. The third-order valence-corrected chi connectivity index (χ3v) is 4.43. The van der Waals surface area contributed by atoms with Gasteiger partial charge in [0.2, 0.25) is 0 Å². The first kappa shape index (κ1) is 20.7. The second-order valence-corrected chi connectivity index (χ2v) is 6.64. The molecule has 2 atom stereocenters. The molecule has 7 nitrogen and oxygen atoms in total. The van der Waals surface area contributed by atoms with Gasteiger partial charge in [-0.15, -0.1) is 0 Å². The maximum absolute atomic E-state index is 5.60. The first-order valence-electron chi connectivity index (χ1n) is 9.66. The van der Waals surface area contributed by atoms with Crippen LogP contribution in [0.25, 0.3) is 0 Å². The normalized spacial score (nSPS) is 20.1. The third-order valence-electron chi connectivity index (χ3n) is 4.43. The van der Waals surface area contributed by atoms with Crippen molar-refractivity contribution < 1.29 is 13.9 Å². The highest BCUT2D eigenvalue weighted by Crippen LogP contribution is 2.10. The monoisotopic (exact) mass is 366 g/mol. The zero-order valence-electron chi connectivity index (χ0n) is 16.4. The van der Waals surface area contributed by atoms with E-state index in [2.05, 4.69) is 36.3 Å². The summed E-state index contributed by atoms with van der Waals surface area (Å²) in [7, 11) is 0. The fourth-order valence-electron chi connectivity index (χ4n) is 3.01. The summed E-state index contributed by atoms with van der Waals surface area (Å²) < 4.78 is 16.4. The van der Waals surface area contributed by atoms with Crippen LogP contribution in [0.1, 0.15) is 33.0 Å². The van der Waals surface area contributed by atoms with Gasteiger partial charge in [0, 0.05) is 38.3 Å². The molecule has 0 radical (unpaired) electrons. The molecule has 0 aromatic carbocycles. The first-order valence-corrected chi connectivity index (χ1v) is 9.66. The Hall–Kier alpha value is -1.57. The van der Waals surface area contributed by atoms with Crippen molar-refractivity contribution in [2.75, 3.05) is 46.0 Å². The van der Waals surface area contributed by atoms with Crippen molar-refractivity contribution in [1.82, 2.24) is 15.5 Å². The van der Waals surface area contributed by atoms with Crippen LogP contribution in [0.15, 0.2) is 27.8 Å². The molecule has 0 saturated carbocycles. The third kappa shape index (κ3) is 7.35. The molecule has 1 aromatic rings. The lowest BCUT2D eigenvalue weighted by atomic mass is 10.2. The highest BCUT2D eigenvalue weighted by atomic mass is 16.5. The molecule has 0 spiro atoms. The molecular formula is C19H34N4O3. The molecule has 1 saturated heterocycles. The lowest BCUT2D eigenvalue weighted by molar-refractivity contribution is -0.0165. The summed E-state index contributed by atoms with van der Waals surface area (Å²) in [4.78, 5) is 7.21. The van der Waals surface area contributed by atoms with Crippen LogP contribution >= 0.6 is 0 Å². The second kappa shape index (κ2) is 11.9. The fourth-order valence-corrected chi connectivity index (χ4v) is 3.01. The molecule has 148 valence electrons. The minimum Gasteiger partial charge on any atom is -0.467 e. The Labute approximate surface area is 157 Å². The van der Waals surface area contributed by atoms with Crippen LogP contribution < -0.4 is 10.6 Å². The predicted molar refractivity (Wildman–Crippen MR) is 103 cm³/mol. The van der Waals surface area contributed by atoms with Crippen LogP contribution in [0, 0.1) is 0 Å². The summed E-state index contributed by atoms with van der Waals surface area (Å²) >= 11 is 0. The van der Waals surface area contributed by atoms with Crippen molar-refractivity contribution in [2.24, 2.45) is 4.99 Å². The van der Waals surface area contributed by atoms with E-state index in [0.717, 1.165) is 57.5 Å². The Morgan fingerprint density at radius 1 is 1.46 bits per heavy atom. The molecule has 1 aliphatic heterocycles. The Kier molecular flexibility index (Phi) is 9.52. The molecular weight excluding hydrogens is 332 g/mol. The molecule has 1 aliphatic rings. The molecule has 0 bridgehead atoms. The largest absolute Gasteiger partial charge is 0.467 e. The predicted octanol–water partition coefficient (Wildman–Crippen LogP) is 1.85. The van der Waals surface area contributed by atoms with Crippen molar-refractivity contribution in [3.63, 3.8) is 0 Å². The summed E-state index contributed by atoms with van der Waals surface area (Å²) in [6.45, 7) is 12.8. The van der Waals surface area contributed by atoms with E-state index in [9.17, 15) is 0 Å². The van der Waals surface area contributed by atoms with Gasteiger partial charge in [-0.05, 0) is 39.3 Å². The number of nitrogens with one attached hydrogen (secondary N) is 2. The number of hydrogen-bond acceptors (Lipinski definition) is 5. The number of furan rings is 1. The lowest BCUT2D eigenvalue weighted by Gasteiger charge is -2.37. The van der Waals surface area contributed by atoms with E-state index >= 15 is 0 Å². The smallest absolute Gasteiger partial charge is 0.191 e. The Balaban J connectivity index is 1.65. The van der Waals surface area contributed by atoms with Crippen molar-refractivity contribution in [1.29, 1.82) is 0 Å². The minimum atomic E-state index is 0.404. The van der Waals surface area contributed by atoms with Crippen molar-refractivity contribution in [2.45, 2.75) is 45.9 Å². The Morgan fingerprint density at radius 3 is 3.08 bits per heavy atom. The van der Waals surface area contributed by atoms with Crippen LogP contribution in [0.4, 0.5) is 0 Å². The molecule has 2 N–H and O–H groups in total. The van der Waals surface area contributed by atoms with Gasteiger partial charge in [-0.25, -0.2) is 0 Å². The van der Waals surface area contributed by atoms with Crippen molar-refractivity contribution in [3.8, 4) is 0 Å². The summed E-state index contributed by atoms with van der Waals surface area (Å²) in [6.07, 6.45) is 2.58. The number of nitrogens with zero attached hydrogens (tertiary/aromatic N) is 2. The summed E-state index contributed by atoms with van der Waals surface area (Å²) in [5.41, 5.74) is 0. The number of aliphatic imine (C=N–C) groups is 1. The summed E-state index contributed by atoms with van der Waals surface area (Å²) in [5, 5.41) is 6.68. The number of morpholine rings is 1. The maximum Gasteiger partial charge on any atom is 0.191 e. The molecule has 1 fully saturated rings. The first-order chi connectivity index (χ1) is 12.7. The van der Waals surface area contributed by atoms with Crippen LogP contribution in [0.5, 0.6) is 0 Å². The number of hydrogen-bond donors (Lipinski definition) is 2. The van der Waals surface area contributed by atoms with E-state index in [0.29, 0.717) is 25.3 Å². The van der Waals surface area contributed by atoms with Gasteiger partial charge in [-0.3, -0.25) is 9.89 Å². The van der Waals surface area contributed by atoms with Gasteiger partial charge in [-0.2, -0.15) is 0 Å². The van der Waals surface area contributed by atoms with Gasteiger partial charge >= 0.3 is 0 Å². The highest BCUT2D eigenvalue weighted by molar-refractivity contribution is 5.79. The Bertz CT molecular complexity index is 507. The van der Waals surface area contributed by atoms with Gasteiger partial charge in [0.25, 0.3) is 0 Å². The summed E-state index contributed by atoms with van der Waals surface area (Å²) in [6, 6.07) is 4.65. The topological polar surface area (TPSA) is 71.3 Å². The molecule has 0 amide bonds. The number of guanidine groups is 1. The molecule has 2 unspecified atom stereocenters. The molecule has 2 rings (SSSR count). The highest BCUT2D eigenvalue weighted by Gasteiger charge is 2.23. The van der Waals surface area contributed by atoms with E-state index in [4.69, 9.17) is 18.9 Å². The average Bonchev–Trinajstić information content (AvgIpc) is 3.16. The van der Waals surface area contributed by atoms with Gasteiger partial charge < -0.3 is 24.5 Å².